The topological polar surface area (TPSA) is 62.6 Å². The fourth-order valence-electron chi connectivity index (χ4n) is 1.67. The van der Waals surface area contributed by atoms with Gasteiger partial charge in [0.15, 0.2) is 0 Å². The van der Waals surface area contributed by atoms with Crippen LogP contribution in [0.2, 0.25) is 0 Å². The van der Waals surface area contributed by atoms with Gasteiger partial charge in [-0.05, 0) is 11.6 Å². The Balaban J connectivity index is 2.32. The molecule has 0 atom stereocenters. The van der Waals surface area contributed by atoms with Crippen LogP contribution in [-0.4, -0.2) is 28.4 Å². The molecule has 4 heteroatoms. The lowest BCUT2D eigenvalue weighted by Crippen LogP contribution is -2.02. The van der Waals surface area contributed by atoms with E-state index in [1.165, 1.54) is 0 Å². The van der Waals surface area contributed by atoms with Crippen molar-refractivity contribution in [1.29, 1.82) is 0 Å². The number of aliphatic hydroxyl groups is 2. The molecule has 0 aliphatic rings. The molecule has 2 aromatic rings. The monoisotopic (exact) mass is 233 g/mol. The van der Waals surface area contributed by atoms with Gasteiger partial charge in [-0.15, -0.1) is 0 Å². The number of para-hydroxylation sites is 1. The molecule has 0 radical (unpaired) electrons. The van der Waals surface area contributed by atoms with Crippen LogP contribution in [0.25, 0.3) is 10.9 Å². The van der Waals surface area contributed by atoms with Gasteiger partial charge in [0.25, 0.3) is 0 Å². The molecule has 0 aliphatic carbocycles. The Morgan fingerprint density at radius 3 is 2.76 bits per heavy atom. The van der Waals surface area contributed by atoms with Gasteiger partial charge < -0.3 is 14.9 Å². The lowest BCUT2D eigenvalue weighted by atomic mass is 10.1. The fraction of sp³-hybridized carbons (Fsp3) is 0.308. The van der Waals surface area contributed by atoms with Crippen molar-refractivity contribution >= 4 is 10.9 Å². The molecule has 0 aliphatic heterocycles. The largest absolute Gasteiger partial charge is 0.478 e. The summed E-state index contributed by atoms with van der Waals surface area (Å²) in [4.78, 5) is 4.34. The van der Waals surface area contributed by atoms with Crippen LogP contribution >= 0.6 is 0 Å². The van der Waals surface area contributed by atoms with Crippen molar-refractivity contribution in [2.45, 2.75) is 13.0 Å². The number of hydrogen-bond donors (Lipinski definition) is 2. The summed E-state index contributed by atoms with van der Waals surface area (Å²) in [5.41, 5.74) is 1.60. The van der Waals surface area contributed by atoms with Gasteiger partial charge in [-0.2, -0.15) is 0 Å². The smallest absolute Gasteiger partial charge is 0.214 e. The minimum atomic E-state index is -0.0423. The molecule has 0 fully saturated rings. The van der Waals surface area contributed by atoms with Crippen molar-refractivity contribution in [2.24, 2.45) is 0 Å². The first kappa shape index (κ1) is 11.8. The van der Waals surface area contributed by atoms with Crippen LogP contribution in [-0.2, 0) is 6.61 Å². The maximum Gasteiger partial charge on any atom is 0.214 e. The highest BCUT2D eigenvalue weighted by Gasteiger charge is 2.05. The number of benzene rings is 1. The molecule has 17 heavy (non-hydrogen) atoms. The van der Waals surface area contributed by atoms with Crippen molar-refractivity contribution in [2.75, 3.05) is 13.2 Å². The van der Waals surface area contributed by atoms with Crippen LogP contribution in [0.4, 0.5) is 0 Å². The third-order valence-corrected chi connectivity index (χ3v) is 2.50. The van der Waals surface area contributed by atoms with Crippen molar-refractivity contribution in [3.05, 3.63) is 35.9 Å². The molecular formula is C13H15NO3. The van der Waals surface area contributed by atoms with Crippen molar-refractivity contribution in [1.82, 2.24) is 4.98 Å². The molecule has 0 saturated heterocycles. The molecule has 0 spiro atoms. The first-order valence-electron chi connectivity index (χ1n) is 5.58. The Morgan fingerprint density at radius 2 is 2.00 bits per heavy atom. The van der Waals surface area contributed by atoms with Gasteiger partial charge in [0.2, 0.25) is 5.88 Å². The van der Waals surface area contributed by atoms with E-state index in [0.717, 1.165) is 16.5 Å². The number of hydrogen-bond acceptors (Lipinski definition) is 4. The second kappa shape index (κ2) is 5.61. The Kier molecular flexibility index (Phi) is 3.90. The number of aliphatic hydroxyl groups excluding tert-OH is 2. The van der Waals surface area contributed by atoms with E-state index in [1.54, 1.807) is 6.07 Å². The summed E-state index contributed by atoms with van der Waals surface area (Å²) in [6.07, 6.45) is 0.572. The normalized spacial score (nSPS) is 10.7. The summed E-state index contributed by atoms with van der Waals surface area (Å²) in [6.45, 7) is 0.479. The summed E-state index contributed by atoms with van der Waals surface area (Å²) >= 11 is 0. The van der Waals surface area contributed by atoms with Gasteiger partial charge in [0.1, 0.15) is 0 Å². The number of rotatable bonds is 5. The highest BCUT2D eigenvalue weighted by atomic mass is 16.5. The third-order valence-electron chi connectivity index (χ3n) is 2.50. The zero-order valence-electron chi connectivity index (χ0n) is 9.47. The van der Waals surface area contributed by atoms with E-state index in [-0.39, 0.29) is 13.2 Å². The first-order valence-corrected chi connectivity index (χ1v) is 5.58. The molecule has 4 nitrogen and oxygen atoms in total. The number of nitrogens with zero attached hydrogens (tertiary/aromatic N) is 1. The summed E-state index contributed by atoms with van der Waals surface area (Å²) in [7, 11) is 0. The summed E-state index contributed by atoms with van der Waals surface area (Å²) in [5.74, 6) is 0.487. The van der Waals surface area contributed by atoms with E-state index >= 15 is 0 Å². The molecule has 1 heterocycles. The van der Waals surface area contributed by atoms with E-state index in [1.807, 2.05) is 24.3 Å². The Morgan fingerprint density at radius 1 is 1.18 bits per heavy atom. The highest BCUT2D eigenvalue weighted by Crippen LogP contribution is 2.21. The van der Waals surface area contributed by atoms with Gasteiger partial charge in [-0.25, -0.2) is 4.98 Å². The van der Waals surface area contributed by atoms with Gasteiger partial charge in [0.05, 0.1) is 18.7 Å². The van der Waals surface area contributed by atoms with Gasteiger partial charge in [0, 0.05) is 24.5 Å². The van der Waals surface area contributed by atoms with Gasteiger partial charge in [-0.3, -0.25) is 0 Å². The van der Waals surface area contributed by atoms with Crippen molar-refractivity contribution in [3.8, 4) is 5.88 Å². The maximum atomic E-state index is 9.31. The first-order chi connectivity index (χ1) is 8.35. The molecule has 1 aromatic heterocycles. The van der Waals surface area contributed by atoms with E-state index in [4.69, 9.17) is 9.84 Å². The Hall–Kier alpha value is -1.65. The molecule has 0 bridgehead atoms. The van der Waals surface area contributed by atoms with E-state index in [9.17, 15) is 5.11 Å². The lowest BCUT2D eigenvalue weighted by molar-refractivity contribution is 0.229. The number of ether oxygens (including phenoxy) is 1. The van der Waals surface area contributed by atoms with Gasteiger partial charge >= 0.3 is 0 Å². The van der Waals surface area contributed by atoms with E-state index in [0.29, 0.717) is 18.9 Å². The van der Waals surface area contributed by atoms with Crippen molar-refractivity contribution < 1.29 is 14.9 Å². The minimum Gasteiger partial charge on any atom is -0.478 e. The highest BCUT2D eigenvalue weighted by molar-refractivity contribution is 5.82. The number of aromatic nitrogens is 1. The zero-order valence-corrected chi connectivity index (χ0v) is 9.47. The predicted octanol–water partition coefficient (Wildman–Crippen LogP) is 1.49. The molecular weight excluding hydrogens is 218 g/mol. The second-order valence-corrected chi connectivity index (χ2v) is 3.72. The Bertz CT molecular complexity index is 499. The molecule has 0 unspecified atom stereocenters. The average molecular weight is 233 g/mol. The average Bonchev–Trinajstić information content (AvgIpc) is 2.38. The van der Waals surface area contributed by atoms with Gasteiger partial charge in [-0.1, -0.05) is 18.2 Å². The van der Waals surface area contributed by atoms with Crippen LogP contribution in [0.5, 0.6) is 5.88 Å². The van der Waals surface area contributed by atoms with Crippen LogP contribution in [0.3, 0.4) is 0 Å². The standard InChI is InChI=1S/C13H15NO3/c15-6-3-7-17-13-8-10(9-16)11-4-1-2-5-12(11)14-13/h1-2,4-5,8,15-16H,3,6-7,9H2. The van der Waals surface area contributed by atoms with Crippen LogP contribution in [0, 0.1) is 0 Å². The molecule has 1 aromatic carbocycles. The van der Waals surface area contributed by atoms with Crippen LogP contribution in [0.15, 0.2) is 30.3 Å². The maximum absolute atomic E-state index is 9.31. The van der Waals surface area contributed by atoms with E-state index < -0.39 is 0 Å². The lowest BCUT2D eigenvalue weighted by Gasteiger charge is -2.08. The van der Waals surface area contributed by atoms with Crippen LogP contribution < -0.4 is 4.74 Å². The minimum absolute atomic E-state index is 0.0423. The Labute approximate surface area is 99.5 Å². The SMILES string of the molecule is OCCCOc1cc(CO)c2ccccc2n1. The van der Waals surface area contributed by atoms with E-state index in [2.05, 4.69) is 4.98 Å². The molecule has 0 saturated carbocycles. The summed E-state index contributed by atoms with van der Waals surface area (Å²) in [6, 6.07) is 9.35. The fourth-order valence-corrected chi connectivity index (χ4v) is 1.67. The summed E-state index contributed by atoms with van der Waals surface area (Å²) < 4.78 is 5.41. The van der Waals surface area contributed by atoms with Crippen LogP contribution in [0.1, 0.15) is 12.0 Å². The second-order valence-electron chi connectivity index (χ2n) is 3.72. The van der Waals surface area contributed by atoms with Crippen molar-refractivity contribution in [3.63, 3.8) is 0 Å². The zero-order chi connectivity index (χ0) is 12.1. The molecule has 90 valence electrons. The number of fused-ring (bicyclic) bond motifs is 1. The predicted molar refractivity (Wildman–Crippen MR) is 64.9 cm³/mol. The molecule has 0 amide bonds. The quantitative estimate of drug-likeness (QED) is 0.768. The number of pyridine rings is 1. The molecule has 2 N–H and O–H groups in total. The third kappa shape index (κ3) is 2.72. The summed E-state index contributed by atoms with van der Waals surface area (Å²) in [5, 5.41) is 18.9. The molecule has 2 rings (SSSR count).